The lowest BCUT2D eigenvalue weighted by atomic mass is 10.0. The summed E-state index contributed by atoms with van der Waals surface area (Å²) in [7, 11) is 0. The first-order valence-corrected chi connectivity index (χ1v) is 12.9. The monoisotopic (exact) mass is 559 g/mol. The third kappa shape index (κ3) is 4.81. The molecule has 0 bridgehead atoms. The molecule has 5 aromatic rings. The molecule has 1 aromatic heterocycles. The van der Waals surface area contributed by atoms with Crippen molar-refractivity contribution in [3.8, 4) is 11.5 Å². The Labute approximate surface area is 238 Å². The van der Waals surface area contributed by atoms with Crippen LogP contribution in [0.1, 0.15) is 42.3 Å². The Morgan fingerprint density at radius 2 is 1.60 bits per heavy atom. The van der Waals surface area contributed by atoms with Crippen LogP contribution in [-0.4, -0.2) is 27.7 Å². The predicted octanol–water partition coefficient (Wildman–Crippen LogP) is 6.40. The lowest BCUT2D eigenvalue weighted by Gasteiger charge is -2.15. The van der Waals surface area contributed by atoms with Crippen LogP contribution >= 0.6 is 0 Å². The van der Waals surface area contributed by atoms with Crippen LogP contribution in [0.5, 0.6) is 11.5 Å². The first-order chi connectivity index (χ1) is 20.3. The number of ether oxygens (including phenoxy) is 2. The second-order valence-corrected chi connectivity index (χ2v) is 9.54. The fraction of sp³-hybridized carbons (Fsp3) is 0.0625. The lowest BCUT2D eigenvalue weighted by molar-refractivity contribution is -0.384. The van der Waals surface area contributed by atoms with Gasteiger partial charge in [0.1, 0.15) is 18.1 Å². The molecule has 10 nitrogen and oxygen atoms in total. The van der Waals surface area contributed by atoms with Crippen molar-refractivity contribution in [3.63, 3.8) is 0 Å². The molecule has 0 radical (unpaired) electrons. The molecule has 4 aromatic carbocycles. The third-order valence-electron chi connectivity index (χ3n) is 6.80. The van der Waals surface area contributed by atoms with Crippen LogP contribution in [0.15, 0.2) is 97.1 Å². The number of carbonyl (C=O) groups is 3. The zero-order valence-electron chi connectivity index (χ0n) is 22.1. The summed E-state index contributed by atoms with van der Waals surface area (Å²) < 4.78 is 11.3. The maximum Gasteiger partial charge on any atom is 0.338 e. The molecule has 206 valence electrons. The Hall–Kier alpha value is -5.90. The number of nitrogens with zero attached hydrogens (tertiary/aromatic N) is 3. The summed E-state index contributed by atoms with van der Waals surface area (Å²) in [4.78, 5) is 55.7. The number of aromatic nitrogens is 1. The van der Waals surface area contributed by atoms with E-state index in [9.17, 15) is 24.5 Å². The molecule has 0 N–H and O–H groups in total. The third-order valence-corrected chi connectivity index (χ3v) is 6.80. The van der Waals surface area contributed by atoms with Gasteiger partial charge in [-0.1, -0.05) is 36.4 Å². The van der Waals surface area contributed by atoms with Crippen molar-refractivity contribution < 1.29 is 28.8 Å². The molecular formula is C32H21N3O7. The Morgan fingerprint density at radius 1 is 0.857 bits per heavy atom. The molecule has 1 aliphatic heterocycles. The summed E-state index contributed by atoms with van der Waals surface area (Å²) in [6, 6.07) is 25.9. The van der Waals surface area contributed by atoms with Crippen LogP contribution in [0.2, 0.25) is 0 Å². The minimum absolute atomic E-state index is 0.0456. The number of carbonyl (C=O) groups excluding carboxylic acids is 3. The van der Waals surface area contributed by atoms with Crippen molar-refractivity contribution >= 4 is 40.1 Å². The molecule has 10 heteroatoms. The highest BCUT2D eigenvalue weighted by molar-refractivity contribution is 6.37. The van der Waals surface area contributed by atoms with E-state index in [0.29, 0.717) is 39.2 Å². The zero-order chi connectivity index (χ0) is 29.4. The zero-order valence-corrected chi connectivity index (χ0v) is 22.1. The smallest absolute Gasteiger partial charge is 0.338 e. The van der Waals surface area contributed by atoms with E-state index in [4.69, 9.17) is 9.47 Å². The first-order valence-electron chi connectivity index (χ1n) is 12.9. The van der Waals surface area contributed by atoms with Gasteiger partial charge in [-0.2, -0.15) is 0 Å². The van der Waals surface area contributed by atoms with E-state index in [-0.39, 0.29) is 29.1 Å². The van der Waals surface area contributed by atoms with Gasteiger partial charge in [0.25, 0.3) is 17.5 Å². The van der Waals surface area contributed by atoms with Gasteiger partial charge >= 0.3 is 5.97 Å². The van der Waals surface area contributed by atoms with E-state index in [1.54, 1.807) is 67.6 Å². The maximum atomic E-state index is 13.5. The standard InChI is InChI=1S/C32H21N3O7/c1-19-28-29(26-10-2-3-11-27(26)33-19)31(37)34(30(28)36)23-8-5-7-21(17-23)32(38)41-18-20-6-4-9-25(16-20)42-24-14-12-22(13-15-24)35(39)40/h2-17H,18H2,1H3. The molecule has 42 heavy (non-hydrogen) atoms. The van der Waals surface area contributed by atoms with E-state index in [1.807, 2.05) is 6.07 Å². The second-order valence-electron chi connectivity index (χ2n) is 9.54. The number of hydrogen-bond donors (Lipinski definition) is 0. The highest BCUT2D eigenvalue weighted by Crippen LogP contribution is 2.34. The largest absolute Gasteiger partial charge is 0.457 e. The van der Waals surface area contributed by atoms with Gasteiger partial charge in [0.05, 0.1) is 38.5 Å². The van der Waals surface area contributed by atoms with E-state index >= 15 is 0 Å². The van der Waals surface area contributed by atoms with Crippen LogP contribution in [0.25, 0.3) is 10.9 Å². The maximum absolute atomic E-state index is 13.5. The van der Waals surface area contributed by atoms with Gasteiger partial charge in [0.2, 0.25) is 0 Å². The number of nitro groups is 1. The predicted molar refractivity (Wildman–Crippen MR) is 153 cm³/mol. The molecular weight excluding hydrogens is 538 g/mol. The molecule has 0 aliphatic carbocycles. The molecule has 0 unspecified atom stereocenters. The first kappa shape index (κ1) is 26.3. The number of esters is 1. The van der Waals surface area contributed by atoms with Crippen molar-refractivity contribution in [1.29, 1.82) is 0 Å². The molecule has 1 aliphatic rings. The van der Waals surface area contributed by atoms with Crippen molar-refractivity contribution in [2.24, 2.45) is 0 Å². The minimum atomic E-state index is -0.640. The van der Waals surface area contributed by atoms with Crippen LogP contribution in [-0.2, 0) is 11.3 Å². The lowest BCUT2D eigenvalue weighted by Crippen LogP contribution is -2.29. The number of fused-ring (bicyclic) bond motifs is 3. The van der Waals surface area contributed by atoms with Gasteiger partial charge in [-0.15, -0.1) is 0 Å². The molecule has 0 atom stereocenters. The van der Waals surface area contributed by atoms with Crippen LogP contribution in [0.3, 0.4) is 0 Å². The molecule has 0 saturated carbocycles. The van der Waals surface area contributed by atoms with Gasteiger partial charge in [-0.05, 0) is 61.0 Å². The van der Waals surface area contributed by atoms with Crippen LogP contribution in [0.4, 0.5) is 11.4 Å². The van der Waals surface area contributed by atoms with E-state index < -0.39 is 22.7 Å². The molecule has 6 rings (SSSR count). The quantitative estimate of drug-likeness (QED) is 0.0969. The second kappa shape index (κ2) is 10.6. The topological polar surface area (TPSA) is 129 Å². The number of imide groups is 1. The van der Waals surface area contributed by atoms with Crippen molar-refractivity contribution in [3.05, 3.63) is 135 Å². The van der Waals surface area contributed by atoms with Crippen LogP contribution < -0.4 is 9.64 Å². The number of hydrogen-bond acceptors (Lipinski definition) is 8. The average molecular weight is 560 g/mol. The fourth-order valence-corrected chi connectivity index (χ4v) is 4.84. The van der Waals surface area contributed by atoms with E-state index in [0.717, 1.165) is 4.90 Å². The number of anilines is 1. The van der Waals surface area contributed by atoms with Gasteiger partial charge in [-0.25, -0.2) is 9.69 Å². The number of amides is 2. The molecule has 0 spiro atoms. The minimum Gasteiger partial charge on any atom is -0.457 e. The summed E-state index contributed by atoms with van der Waals surface area (Å²) >= 11 is 0. The molecule has 0 saturated heterocycles. The number of benzene rings is 4. The number of para-hydroxylation sites is 1. The van der Waals surface area contributed by atoms with Crippen molar-refractivity contribution in [1.82, 2.24) is 4.98 Å². The highest BCUT2D eigenvalue weighted by atomic mass is 16.6. The van der Waals surface area contributed by atoms with Gasteiger partial charge in [-0.3, -0.25) is 24.7 Å². The summed E-state index contributed by atoms with van der Waals surface area (Å²) in [6.07, 6.45) is 0. The Balaban J connectivity index is 1.17. The summed E-state index contributed by atoms with van der Waals surface area (Å²) in [5, 5.41) is 11.4. The average Bonchev–Trinajstić information content (AvgIpc) is 3.27. The van der Waals surface area contributed by atoms with Crippen molar-refractivity contribution in [2.45, 2.75) is 13.5 Å². The number of nitro benzene ring substituents is 1. The summed E-state index contributed by atoms with van der Waals surface area (Å²) in [6.45, 7) is 1.63. The van der Waals surface area contributed by atoms with E-state index in [2.05, 4.69) is 4.98 Å². The summed E-state index contributed by atoms with van der Waals surface area (Å²) in [5.41, 5.74) is 2.65. The Kier molecular flexibility index (Phi) is 6.63. The normalized spacial score (nSPS) is 12.4. The number of aryl methyl sites for hydroxylation is 1. The Morgan fingerprint density at radius 3 is 2.38 bits per heavy atom. The van der Waals surface area contributed by atoms with Crippen molar-refractivity contribution in [2.75, 3.05) is 4.90 Å². The van der Waals surface area contributed by atoms with Gasteiger partial charge in [0.15, 0.2) is 0 Å². The van der Waals surface area contributed by atoms with Gasteiger partial charge in [0, 0.05) is 17.5 Å². The highest BCUT2D eigenvalue weighted by Gasteiger charge is 2.40. The molecule has 2 amide bonds. The number of rotatable bonds is 7. The molecule has 0 fully saturated rings. The van der Waals surface area contributed by atoms with E-state index in [1.165, 1.54) is 30.3 Å². The van der Waals surface area contributed by atoms with Crippen LogP contribution in [0, 0.1) is 17.0 Å². The fourth-order valence-electron chi connectivity index (χ4n) is 4.84. The Bertz CT molecular complexity index is 1920. The molecule has 2 heterocycles. The SMILES string of the molecule is Cc1nc2ccccc2c2c1C(=O)N(c1cccc(C(=O)OCc3cccc(Oc4ccc([N+](=O)[O-])cc4)c3)c1)C2=O. The summed E-state index contributed by atoms with van der Waals surface area (Å²) in [5.74, 6) is -0.743. The van der Waals surface area contributed by atoms with Gasteiger partial charge < -0.3 is 9.47 Å². The number of non-ortho nitro benzene ring substituents is 1. The number of pyridine rings is 1.